The van der Waals surface area contributed by atoms with E-state index < -0.39 is 91.3 Å². The number of hydrogen-bond acceptors (Lipinski definition) is 14. The van der Waals surface area contributed by atoms with Gasteiger partial charge in [0.25, 0.3) is 0 Å². The molecule has 0 aliphatic heterocycles. The van der Waals surface area contributed by atoms with Crippen LogP contribution >= 0.6 is 23.5 Å². The molecule has 0 amide bonds. The van der Waals surface area contributed by atoms with Crippen LogP contribution in [-0.2, 0) is 50.9 Å². The maximum absolute atomic E-state index is 13.1. The van der Waals surface area contributed by atoms with Gasteiger partial charge >= 0.3 is 35.4 Å². The third-order valence-corrected chi connectivity index (χ3v) is 13.2. The Balaban J connectivity index is 2.75. The van der Waals surface area contributed by atoms with Gasteiger partial charge in [-0.2, -0.15) is 0 Å². The fourth-order valence-electron chi connectivity index (χ4n) is 7.40. The molecule has 19 nitrogen and oxygen atoms in total. The Morgan fingerprint density at radius 3 is 1.33 bits per heavy atom. The summed E-state index contributed by atoms with van der Waals surface area (Å²) in [5.74, 6) is -1.36. The molecule has 0 aromatic carbocycles. The maximum atomic E-state index is 13.1. The van der Waals surface area contributed by atoms with Crippen molar-refractivity contribution in [2.45, 2.75) is 224 Å². The van der Waals surface area contributed by atoms with Crippen LogP contribution in [0.2, 0.25) is 0 Å². The quantitative estimate of drug-likeness (QED) is 0.0122. The smallest absolute Gasteiger partial charge is 0.462 e. The van der Waals surface area contributed by atoms with E-state index in [1.807, 2.05) is 18.2 Å². The molecule has 0 aromatic heterocycles. The summed E-state index contributed by atoms with van der Waals surface area (Å²) in [4.78, 5) is 73.3. The van der Waals surface area contributed by atoms with Crippen molar-refractivity contribution in [2.24, 2.45) is 0 Å². The predicted octanol–water partition coefficient (Wildman–Crippen LogP) is 9.40. The van der Waals surface area contributed by atoms with Crippen molar-refractivity contribution in [2.75, 3.05) is 13.2 Å². The van der Waals surface area contributed by atoms with Gasteiger partial charge < -0.3 is 49.3 Å². The SMILES string of the molecule is CCCCCC=CCC=CCC=CCC=CCCCC(=O)O[C@H](COC(=O)CCCCCCCCCCCCCCCCC)COP(=O)(O)O[C@@H]1[C@H](O)[C@H](O)[C@@H](OP(=O)(O)O)[C@H](OP(=O)(O)O)[C@H]1O. The second kappa shape index (κ2) is 38.7. The van der Waals surface area contributed by atoms with E-state index in [1.165, 1.54) is 83.5 Å². The average molecular weight is 1050 g/mol. The number of esters is 2. The van der Waals surface area contributed by atoms with Gasteiger partial charge in [0, 0.05) is 12.8 Å². The molecule has 1 saturated carbocycles. The van der Waals surface area contributed by atoms with Gasteiger partial charge in [0.2, 0.25) is 0 Å². The van der Waals surface area contributed by atoms with Crippen molar-refractivity contribution in [3.63, 3.8) is 0 Å². The number of unbranched alkanes of at least 4 members (excludes halogenated alkanes) is 18. The van der Waals surface area contributed by atoms with E-state index in [2.05, 4.69) is 53.3 Å². The largest absolute Gasteiger partial charge is 0.472 e. The molecule has 8 N–H and O–H groups in total. The number of phosphoric ester groups is 3. The van der Waals surface area contributed by atoms with Crippen molar-refractivity contribution >= 4 is 35.4 Å². The molecule has 1 aliphatic rings. The normalized spacial score (nSPS) is 21.7. The second-order valence-electron chi connectivity index (χ2n) is 17.4. The fourth-order valence-corrected chi connectivity index (χ4v) is 9.50. The van der Waals surface area contributed by atoms with Crippen LogP contribution in [0.4, 0.5) is 0 Å². The van der Waals surface area contributed by atoms with Crippen LogP contribution in [0.25, 0.3) is 0 Å². The van der Waals surface area contributed by atoms with Gasteiger partial charge in [-0.1, -0.05) is 165 Å². The minimum absolute atomic E-state index is 0.0703. The van der Waals surface area contributed by atoms with E-state index >= 15 is 0 Å². The standard InChI is InChI=1S/C47H85O19P3/c1-3-5-7-9-11-13-15-17-19-20-22-24-26-28-30-32-34-36-41(49)63-39(37-61-40(48)35-33-31-29-27-25-23-21-18-16-14-12-10-8-6-4-2)38-62-69(59,60)66-45-42(50)43(51)46(64-67(53,54)55)47(44(45)52)65-68(56,57)58/h11,13,17,19,22,24,28,30,39,42-47,50-52H,3-10,12,14-16,18,20-21,23,25-27,29,31-38H2,1-2H3,(H,59,60)(H2,53,54,55)(H2,56,57,58)/t39-,42-,43+,44+,45-,46-,47-/m1/s1. The number of hydrogen-bond donors (Lipinski definition) is 8. The first-order chi connectivity index (χ1) is 32.8. The molecule has 1 rings (SSSR count). The molecule has 1 unspecified atom stereocenters. The Bertz CT molecular complexity index is 1630. The third kappa shape index (κ3) is 35.0. The third-order valence-electron chi connectivity index (χ3n) is 11.1. The first-order valence-electron chi connectivity index (χ1n) is 24.9. The highest BCUT2D eigenvalue weighted by Gasteiger charge is 2.56. The van der Waals surface area contributed by atoms with E-state index in [4.69, 9.17) is 18.5 Å². The molecule has 22 heteroatoms. The maximum Gasteiger partial charge on any atom is 0.472 e. The molecule has 0 saturated heterocycles. The molecule has 8 atom stereocenters. The van der Waals surface area contributed by atoms with Gasteiger partial charge in [-0.15, -0.1) is 0 Å². The average Bonchev–Trinajstić information content (AvgIpc) is 3.28. The van der Waals surface area contributed by atoms with Crippen LogP contribution < -0.4 is 0 Å². The molecule has 402 valence electrons. The van der Waals surface area contributed by atoms with E-state index in [0.717, 1.165) is 44.9 Å². The number of aliphatic hydroxyl groups excluding tert-OH is 3. The van der Waals surface area contributed by atoms with Crippen LogP contribution in [0.15, 0.2) is 48.6 Å². The first kappa shape index (κ1) is 65.1. The zero-order chi connectivity index (χ0) is 51.4. The van der Waals surface area contributed by atoms with Crippen molar-refractivity contribution in [3.8, 4) is 0 Å². The lowest BCUT2D eigenvalue weighted by Gasteiger charge is -2.44. The number of ether oxygens (including phenoxy) is 2. The van der Waals surface area contributed by atoms with Crippen molar-refractivity contribution in [1.29, 1.82) is 0 Å². The highest BCUT2D eigenvalue weighted by atomic mass is 31.2. The van der Waals surface area contributed by atoms with Gasteiger partial charge in [0.15, 0.2) is 6.10 Å². The zero-order valence-corrected chi connectivity index (χ0v) is 43.6. The number of rotatable bonds is 42. The molecule has 1 fully saturated rings. The summed E-state index contributed by atoms with van der Waals surface area (Å²) in [5.41, 5.74) is 0. The molecule has 0 heterocycles. The minimum Gasteiger partial charge on any atom is -0.462 e. The highest BCUT2D eigenvalue weighted by molar-refractivity contribution is 7.47. The van der Waals surface area contributed by atoms with Gasteiger partial charge in [-0.05, 0) is 51.4 Å². The Labute approximate surface area is 410 Å². The summed E-state index contributed by atoms with van der Waals surface area (Å²) in [6, 6.07) is 0. The fraction of sp³-hybridized carbons (Fsp3) is 0.787. The number of allylic oxidation sites excluding steroid dienone is 8. The summed E-state index contributed by atoms with van der Waals surface area (Å²) in [6.07, 6.45) is 25.6. The van der Waals surface area contributed by atoms with Crippen molar-refractivity contribution < 1.29 is 90.6 Å². The van der Waals surface area contributed by atoms with Gasteiger partial charge in [-0.25, -0.2) is 13.7 Å². The predicted molar refractivity (Wildman–Crippen MR) is 261 cm³/mol. The summed E-state index contributed by atoms with van der Waals surface area (Å²) < 4.78 is 65.5. The van der Waals surface area contributed by atoms with E-state index in [1.54, 1.807) is 0 Å². The highest BCUT2D eigenvalue weighted by Crippen LogP contribution is 2.51. The Hall–Kier alpha value is -1.89. The van der Waals surface area contributed by atoms with E-state index in [9.17, 15) is 63.1 Å². The van der Waals surface area contributed by atoms with E-state index in [0.29, 0.717) is 25.7 Å². The molecule has 0 aromatic rings. The molecule has 0 bridgehead atoms. The summed E-state index contributed by atoms with van der Waals surface area (Å²) in [7, 11) is -16.6. The van der Waals surface area contributed by atoms with Gasteiger partial charge in [-0.3, -0.25) is 27.7 Å². The summed E-state index contributed by atoms with van der Waals surface area (Å²) >= 11 is 0. The number of phosphoric acid groups is 3. The lowest BCUT2D eigenvalue weighted by Crippen LogP contribution is -2.65. The monoisotopic (exact) mass is 1050 g/mol. The van der Waals surface area contributed by atoms with E-state index in [-0.39, 0.29) is 12.8 Å². The number of carbonyl (C=O) groups excluding carboxylic acids is 2. The van der Waals surface area contributed by atoms with Crippen molar-refractivity contribution in [1.82, 2.24) is 0 Å². The molecule has 0 radical (unpaired) electrons. The number of aliphatic hydroxyl groups is 3. The lowest BCUT2D eigenvalue weighted by molar-refractivity contribution is -0.213. The Morgan fingerprint density at radius 1 is 0.464 bits per heavy atom. The van der Waals surface area contributed by atoms with Gasteiger partial charge in [0.05, 0.1) is 6.61 Å². The Morgan fingerprint density at radius 2 is 0.855 bits per heavy atom. The van der Waals surface area contributed by atoms with Gasteiger partial charge in [0.1, 0.15) is 43.2 Å². The van der Waals surface area contributed by atoms with Crippen LogP contribution in [-0.4, -0.2) is 108 Å². The summed E-state index contributed by atoms with van der Waals surface area (Å²) in [5, 5.41) is 31.9. The van der Waals surface area contributed by atoms with Crippen LogP contribution in [0.3, 0.4) is 0 Å². The van der Waals surface area contributed by atoms with Crippen molar-refractivity contribution in [3.05, 3.63) is 48.6 Å². The van der Waals surface area contributed by atoms with Crippen LogP contribution in [0.1, 0.15) is 181 Å². The first-order valence-corrected chi connectivity index (χ1v) is 29.5. The van der Waals surface area contributed by atoms with Crippen LogP contribution in [0, 0.1) is 0 Å². The molecule has 69 heavy (non-hydrogen) atoms. The minimum atomic E-state index is -5.61. The molecule has 0 spiro atoms. The van der Waals surface area contributed by atoms with Crippen LogP contribution in [0.5, 0.6) is 0 Å². The molecular weight excluding hydrogens is 961 g/mol. The summed E-state index contributed by atoms with van der Waals surface area (Å²) in [6.45, 7) is 2.88. The second-order valence-corrected chi connectivity index (χ2v) is 21.2. The number of carbonyl (C=O) groups is 2. The lowest BCUT2D eigenvalue weighted by atomic mass is 9.85. The topological polar surface area (TPSA) is 303 Å². The molecular formula is C47H85O19P3. The molecule has 1 aliphatic carbocycles. The zero-order valence-electron chi connectivity index (χ0n) is 40.9. The Kier molecular flexibility index (Phi) is 36.5.